The van der Waals surface area contributed by atoms with E-state index in [1.54, 1.807) is 12.2 Å². The Kier molecular flexibility index (Phi) is 5.93. The SMILES string of the molecule is CC1CC1c1ccc(/C=C/C(=O)NC(CN2CCOCC2)c2ccccc2)o1. The van der Waals surface area contributed by atoms with Gasteiger partial charge in [0.25, 0.3) is 0 Å². The van der Waals surface area contributed by atoms with Crippen LogP contribution in [0.1, 0.15) is 42.4 Å². The Bertz CT molecular complexity index is 808. The molecular formula is C23H28N2O3. The molecule has 2 aromatic rings. The third-order valence-electron chi connectivity index (χ3n) is 5.58. The number of ether oxygens (including phenoxy) is 1. The summed E-state index contributed by atoms with van der Waals surface area (Å²) in [6, 6.07) is 14.0. The summed E-state index contributed by atoms with van der Waals surface area (Å²) in [6.45, 7) is 6.28. The molecule has 3 atom stereocenters. The van der Waals surface area contributed by atoms with Gasteiger partial charge in [-0.1, -0.05) is 37.3 Å². The zero-order valence-electron chi connectivity index (χ0n) is 16.3. The van der Waals surface area contributed by atoms with Crippen molar-refractivity contribution >= 4 is 12.0 Å². The van der Waals surface area contributed by atoms with Crippen LogP contribution in [0.25, 0.3) is 6.08 Å². The topological polar surface area (TPSA) is 54.7 Å². The van der Waals surface area contributed by atoms with Crippen LogP contribution in [-0.4, -0.2) is 43.7 Å². The smallest absolute Gasteiger partial charge is 0.244 e. The zero-order chi connectivity index (χ0) is 19.3. The van der Waals surface area contributed by atoms with Crippen molar-refractivity contribution in [2.24, 2.45) is 5.92 Å². The lowest BCUT2D eigenvalue weighted by molar-refractivity contribution is -0.117. The summed E-state index contributed by atoms with van der Waals surface area (Å²) in [7, 11) is 0. The molecule has 1 amide bonds. The summed E-state index contributed by atoms with van der Waals surface area (Å²) in [5.74, 6) is 2.90. The van der Waals surface area contributed by atoms with Crippen LogP contribution in [0.5, 0.6) is 0 Å². The molecule has 1 saturated heterocycles. The van der Waals surface area contributed by atoms with Gasteiger partial charge in [0, 0.05) is 31.6 Å². The molecule has 1 aliphatic heterocycles. The number of hydrogen-bond donors (Lipinski definition) is 1. The van der Waals surface area contributed by atoms with Crippen LogP contribution in [0.3, 0.4) is 0 Å². The number of rotatable bonds is 7. The Morgan fingerprint density at radius 2 is 1.96 bits per heavy atom. The standard InChI is InChI=1S/C23H28N2O3/c1-17-15-20(17)22-9-7-19(28-22)8-10-23(26)24-21(18-5-3-2-4-6-18)16-25-11-13-27-14-12-25/h2-10,17,20-21H,11-16H2,1H3,(H,24,26)/b10-8+. The molecule has 1 saturated carbocycles. The molecule has 1 aliphatic carbocycles. The molecule has 1 aromatic carbocycles. The maximum atomic E-state index is 12.6. The molecule has 0 radical (unpaired) electrons. The highest BCUT2D eigenvalue weighted by molar-refractivity contribution is 5.91. The van der Waals surface area contributed by atoms with Crippen LogP contribution in [0.4, 0.5) is 0 Å². The monoisotopic (exact) mass is 380 g/mol. The average molecular weight is 380 g/mol. The molecule has 2 aliphatic rings. The summed E-state index contributed by atoms with van der Waals surface area (Å²) in [5.41, 5.74) is 1.11. The minimum absolute atomic E-state index is 0.0593. The lowest BCUT2D eigenvalue weighted by atomic mass is 10.1. The number of furan rings is 1. The van der Waals surface area contributed by atoms with E-state index in [4.69, 9.17) is 9.15 Å². The van der Waals surface area contributed by atoms with Gasteiger partial charge in [0.2, 0.25) is 5.91 Å². The van der Waals surface area contributed by atoms with E-state index in [1.165, 1.54) is 6.42 Å². The van der Waals surface area contributed by atoms with Crippen molar-refractivity contribution in [1.82, 2.24) is 10.2 Å². The van der Waals surface area contributed by atoms with Gasteiger partial charge in [0.05, 0.1) is 19.3 Å². The highest BCUT2D eigenvalue weighted by Crippen LogP contribution is 2.47. The predicted octanol–water partition coefficient (Wildman–Crippen LogP) is 3.61. The molecule has 1 N–H and O–H groups in total. The first-order valence-corrected chi connectivity index (χ1v) is 10.1. The van der Waals surface area contributed by atoms with Crippen LogP contribution in [0, 0.1) is 5.92 Å². The van der Waals surface area contributed by atoms with Gasteiger partial charge in [-0.2, -0.15) is 0 Å². The van der Waals surface area contributed by atoms with Crippen molar-refractivity contribution in [2.45, 2.75) is 25.3 Å². The number of morpholine rings is 1. The molecule has 4 rings (SSSR count). The van der Waals surface area contributed by atoms with Gasteiger partial charge in [-0.3, -0.25) is 9.69 Å². The van der Waals surface area contributed by atoms with Gasteiger partial charge in [-0.25, -0.2) is 0 Å². The number of nitrogens with one attached hydrogen (secondary N) is 1. The lowest BCUT2D eigenvalue weighted by Crippen LogP contribution is -2.42. The van der Waals surface area contributed by atoms with E-state index in [0.29, 0.717) is 11.8 Å². The number of carbonyl (C=O) groups excluding carboxylic acids is 1. The third kappa shape index (κ3) is 4.91. The van der Waals surface area contributed by atoms with Crippen LogP contribution >= 0.6 is 0 Å². The quantitative estimate of drug-likeness (QED) is 0.746. The molecule has 5 nitrogen and oxygen atoms in total. The van der Waals surface area contributed by atoms with E-state index < -0.39 is 0 Å². The first kappa shape index (κ1) is 19.0. The van der Waals surface area contributed by atoms with Crippen molar-refractivity contribution in [3.63, 3.8) is 0 Å². The normalized spacial score (nSPS) is 23.6. The Labute approximate surface area is 166 Å². The van der Waals surface area contributed by atoms with Gasteiger partial charge >= 0.3 is 0 Å². The largest absolute Gasteiger partial charge is 0.461 e. The molecule has 0 bridgehead atoms. The zero-order valence-corrected chi connectivity index (χ0v) is 16.3. The van der Waals surface area contributed by atoms with E-state index in [1.807, 2.05) is 30.3 Å². The first-order chi connectivity index (χ1) is 13.7. The average Bonchev–Trinajstić information content (AvgIpc) is 3.26. The van der Waals surface area contributed by atoms with Crippen molar-refractivity contribution < 1.29 is 13.9 Å². The van der Waals surface area contributed by atoms with Gasteiger partial charge in [0.1, 0.15) is 11.5 Å². The minimum atomic E-state index is -0.111. The van der Waals surface area contributed by atoms with Gasteiger partial charge in [-0.15, -0.1) is 0 Å². The molecular weight excluding hydrogens is 352 g/mol. The second kappa shape index (κ2) is 8.76. The molecule has 2 heterocycles. The van der Waals surface area contributed by atoms with Crippen molar-refractivity contribution in [2.75, 3.05) is 32.8 Å². The van der Waals surface area contributed by atoms with Crippen molar-refractivity contribution in [3.05, 3.63) is 65.6 Å². The minimum Gasteiger partial charge on any atom is -0.461 e. The third-order valence-corrected chi connectivity index (χ3v) is 5.58. The van der Waals surface area contributed by atoms with Gasteiger partial charge in [0.15, 0.2) is 0 Å². The highest BCUT2D eigenvalue weighted by Gasteiger charge is 2.36. The summed E-state index contributed by atoms with van der Waals surface area (Å²) in [4.78, 5) is 14.9. The Morgan fingerprint density at radius 1 is 1.21 bits per heavy atom. The van der Waals surface area contributed by atoms with Crippen molar-refractivity contribution in [1.29, 1.82) is 0 Å². The Morgan fingerprint density at radius 3 is 2.68 bits per heavy atom. The molecule has 5 heteroatoms. The van der Waals surface area contributed by atoms with E-state index in [0.717, 1.165) is 49.9 Å². The second-order valence-corrected chi connectivity index (χ2v) is 7.78. The summed E-state index contributed by atoms with van der Waals surface area (Å²) in [5, 5.41) is 3.15. The van der Waals surface area contributed by atoms with Crippen LogP contribution in [-0.2, 0) is 9.53 Å². The van der Waals surface area contributed by atoms with E-state index in [9.17, 15) is 4.79 Å². The number of amides is 1. The molecule has 148 valence electrons. The highest BCUT2D eigenvalue weighted by atomic mass is 16.5. The summed E-state index contributed by atoms with van der Waals surface area (Å²) < 4.78 is 11.3. The van der Waals surface area contributed by atoms with Crippen LogP contribution in [0.2, 0.25) is 0 Å². The molecule has 1 aromatic heterocycles. The van der Waals surface area contributed by atoms with E-state index >= 15 is 0 Å². The fourth-order valence-corrected chi connectivity index (χ4v) is 3.72. The fraction of sp³-hybridized carbons (Fsp3) is 0.435. The van der Waals surface area contributed by atoms with Gasteiger partial charge in [-0.05, 0) is 36.1 Å². The summed E-state index contributed by atoms with van der Waals surface area (Å²) in [6.07, 6.45) is 4.51. The first-order valence-electron chi connectivity index (χ1n) is 10.1. The second-order valence-electron chi connectivity index (χ2n) is 7.78. The summed E-state index contributed by atoms with van der Waals surface area (Å²) >= 11 is 0. The Balaban J connectivity index is 1.39. The lowest BCUT2D eigenvalue weighted by Gasteiger charge is -2.30. The maximum Gasteiger partial charge on any atom is 0.244 e. The number of benzene rings is 1. The molecule has 28 heavy (non-hydrogen) atoms. The van der Waals surface area contributed by atoms with Gasteiger partial charge < -0.3 is 14.5 Å². The van der Waals surface area contributed by atoms with E-state index in [2.05, 4.69) is 29.3 Å². The van der Waals surface area contributed by atoms with Crippen LogP contribution in [0.15, 0.2) is 53.0 Å². The maximum absolute atomic E-state index is 12.6. The van der Waals surface area contributed by atoms with Crippen molar-refractivity contribution in [3.8, 4) is 0 Å². The fourth-order valence-electron chi connectivity index (χ4n) is 3.72. The van der Waals surface area contributed by atoms with E-state index in [-0.39, 0.29) is 11.9 Å². The Hall–Kier alpha value is -2.37. The number of nitrogens with zero attached hydrogens (tertiary/aromatic N) is 1. The molecule has 3 unspecified atom stereocenters. The number of carbonyl (C=O) groups is 1. The number of hydrogen-bond acceptors (Lipinski definition) is 4. The predicted molar refractivity (Wildman–Crippen MR) is 109 cm³/mol. The molecule has 0 spiro atoms. The molecule has 2 fully saturated rings. The van der Waals surface area contributed by atoms with Crippen LogP contribution < -0.4 is 5.32 Å².